The summed E-state index contributed by atoms with van der Waals surface area (Å²) in [4.78, 5) is 8.43. The Bertz CT molecular complexity index is 1090. The first-order valence-electron chi connectivity index (χ1n) is 8.47. The molecule has 0 aliphatic carbocycles. The molecule has 0 radical (unpaired) electrons. The highest BCUT2D eigenvalue weighted by Gasteiger charge is 2.03. The van der Waals surface area contributed by atoms with Crippen LogP contribution in [0.5, 0.6) is 11.5 Å². The van der Waals surface area contributed by atoms with Crippen molar-refractivity contribution in [2.24, 2.45) is 0 Å². The van der Waals surface area contributed by atoms with E-state index in [0.29, 0.717) is 18.7 Å². The van der Waals surface area contributed by atoms with E-state index < -0.39 is 0 Å². The van der Waals surface area contributed by atoms with E-state index in [1.165, 1.54) is 0 Å². The minimum absolute atomic E-state index is 0.222. The van der Waals surface area contributed by atoms with Crippen LogP contribution < -0.4 is 4.74 Å². The Morgan fingerprint density at radius 3 is 2.14 bits per heavy atom. The average Bonchev–Trinajstić information content (AvgIpc) is 2.68. The SMILES string of the molecule is COCCOc1cccc2cc(Br)cnc12.Oc1cccc2cc(Br)cnc12. The number of fused-ring (bicyclic) bond motifs is 2. The fourth-order valence-electron chi connectivity index (χ4n) is 2.58. The first kappa shape index (κ1) is 20.5. The molecule has 0 aliphatic rings. The summed E-state index contributed by atoms with van der Waals surface area (Å²) in [5.74, 6) is 1.02. The second-order valence-electron chi connectivity index (χ2n) is 5.83. The van der Waals surface area contributed by atoms with Crippen molar-refractivity contribution in [1.82, 2.24) is 9.97 Å². The van der Waals surface area contributed by atoms with Crippen molar-refractivity contribution in [3.63, 3.8) is 0 Å². The number of rotatable bonds is 4. The third kappa shape index (κ3) is 5.19. The van der Waals surface area contributed by atoms with Crippen LogP contribution in [0.3, 0.4) is 0 Å². The van der Waals surface area contributed by atoms with Crippen molar-refractivity contribution >= 4 is 53.7 Å². The summed E-state index contributed by atoms with van der Waals surface area (Å²) in [5.41, 5.74) is 1.52. The first-order chi connectivity index (χ1) is 13.6. The summed E-state index contributed by atoms with van der Waals surface area (Å²) in [7, 11) is 1.65. The second kappa shape index (κ2) is 9.82. The largest absolute Gasteiger partial charge is 0.506 e. The predicted octanol–water partition coefficient (Wildman–Crippen LogP) is 5.73. The van der Waals surface area contributed by atoms with Crippen molar-refractivity contribution in [3.8, 4) is 11.5 Å². The van der Waals surface area contributed by atoms with Gasteiger partial charge in [0.25, 0.3) is 0 Å². The fraction of sp³-hybridized carbons (Fsp3) is 0.143. The lowest BCUT2D eigenvalue weighted by atomic mass is 10.2. The monoisotopic (exact) mass is 504 g/mol. The summed E-state index contributed by atoms with van der Waals surface area (Å²) in [6.07, 6.45) is 3.44. The van der Waals surface area contributed by atoms with Gasteiger partial charge in [0.1, 0.15) is 29.1 Å². The van der Waals surface area contributed by atoms with Crippen LogP contribution in [0.4, 0.5) is 0 Å². The molecule has 0 aliphatic heterocycles. The number of phenols is 1. The van der Waals surface area contributed by atoms with E-state index in [1.807, 2.05) is 36.4 Å². The summed E-state index contributed by atoms with van der Waals surface area (Å²) >= 11 is 6.71. The number of nitrogens with zero attached hydrogens (tertiary/aromatic N) is 2. The minimum Gasteiger partial charge on any atom is -0.506 e. The molecule has 0 saturated carbocycles. The fourth-order valence-corrected chi connectivity index (χ4v) is 3.27. The van der Waals surface area contributed by atoms with E-state index in [4.69, 9.17) is 9.47 Å². The molecular formula is C21H18Br2N2O3. The van der Waals surface area contributed by atoms with Crippen LogP contribution in [0.15, 0.2) is 69.9 Å². The molecule has 0 bridgehead atoms. The van der Waals surface area contributed by atoms with Gasteiger partial charge in [-0.2, -0.15) is 0 Å². The number of hydrogen-bond donors (Lipinski definition) is 1. The maximum atomic E-state index is 9.38. The molecule has 5 nitrogen and oxygen atoms in total. The van der Waals surface area contributed by atoms with Gasteiger partial charge in [-0.15, -0.1) is 0 Å². The van der Waals surface area contributed by atoms with Gasteiger partial charge >= 0.3 is 0 Å². The number of methoxy groups -OCH3 is 1. The van der Waals surface area contributed by atoms with E-state index in [1.54, 1.807) is 31.6 Å². The lowest BCUT2D eigenvalue weighted by Gasteiger charge is -2.08. The van der Waals surface area contributed by atoms with Crippen LogP contribution in [0.2, 0.25) is 0 Å². The number of hydrogen-bond acceptors (Lipinski definition) is 5. The van der Waals surface area contributed by atoms with Crippen molar-refractivity contribution in [2.75, 3.05) is 20.3 Å². The quantitative estimate of drug-likeness (QED) is 0.359. The minimum atomic E-state index is 0.222. The van der Waals surface area contributed by atoms with Gasteiger partial charge in [-0.05, 0) is 56.1 Å². The Balaban J connectivity index is 0.000000167. The molecule has 0 unspecified atom stereocenters. The number of ether oxygens (including phenoxy) is 2. The number of halogens is 2. The number of benzene rings is 2. The first-order valence-corrected chi connectivity index (χ1v) is 10.1. The average molecular weight is 506 g/mol. The Hall–Kier alpha value is -2.22. The molecule has 2 aromatic heterocycles. The second-order valence-corrected chi connectivity index (χ2v) is 7.66. The molecular weight excluding hydrogens is 488 g/mol. The smallest absolute Gasteiger partial charge is 0.145 e. The van der Waals surface area contributed by atoms with E-state index in [9.17, 15) is 5.11 Å². The zero-order valence-corrected chi connectivity index (χ0v) is 18.3. The predicted molar refractivity (Wildman–Crippen MR) is 118 cm³/mol. The van der Waals surface area contributed by atoms with Crippen LogP contribution in [0.25, 0.3) is 21.8 Å². The van der Waals surface area contributed by atoms with Crippen molar-refractivity contribution in [1.29, 1.82) is 0 Å². The highest BCUT2D eigenvalue weighted by Crippen LogP contribution is 2.26. The van der Waals surface area contributed by atoms with Crippen LogP contribution in [-0.2, 0) is 4.74 Å². The number of phenolic OH excluding ortho intramolecular Hbond substituents is 1. The van der Waals surface area contributed by atoms with Crippen LogP contribution in [-0.4, -0.2) is 35.4 Å². The van der Waals surface area contributed by atoms with Crippen molar-refractivity contribution in [3.05, 3.63) is 69.9 Å². The molecule has 0 saturated heterocycles. The van der Waals surface area contributed by atoms with Crippen LogP contribution >= 0.6 is 31.9 Å². The van der Waals surface area contributed by atoms with Gasteiger partial charge in [0.15, 0.2) is 0 Å². The molecule has 0 atom stereocenters. The van der Waals surface area contributed by atoms with E-state index >= 15 is 0 Å². The Morgan fingerprint density at radius 2 is 1.46 bits per heavy atom. The highest BCUT2D eigenvalue weighted by molar-refractivity contribution is 9.10. The standard InChI is InChI=1S/C12H12BrNO2.C9H6BrNO/c1-15-5-6-16-11-4-2-3-9-7-10(13)8-14-12(9)11;10-7-4-6-2-1-3-8(12)9(6)11-5-7/h2-4,7-8H,5-6H2,1H3;1-5,12H. The molecule has 144 valence electrons. The Kier molecular flexibility index (Phi) is 7.19. The third-order valence-corrected chi connectivity index (χ3v) is 4.71. The molecule has 2 heterocycles. The van der Waals surface area contributed by atoms with E-state index in [2.05, 4.69) is 41.8 Å². The van der Waals surface area contributed by atoms with Gasteiger partial charge in [-0.25, -0.2) is 0 Å². The molecule has 4 aromatic rings. The molecule has 4 rings (SSSR count). The summed E-state index contributed by atoms with van der Waals surface area (Å²) in [5, 5.41) is 11.4. The maximum absolute atomic E-state index is 9.38. The van der Waals surface area contributed by atoms with Gasteiger partial charge in [0, 0.05) is 39.2 Å². The molecule has 0 spiro atoms. The molecule has 2 aromatic carbocycles. The number of para-hydroxylation sites is 2. The molecule has 1 N–H and O–H groups in total. The summed E-state index contributed by atoms with van der Waals surface area (Å²) < 4.78 is 12.4. The highest BCUT2D eigenvalue weighted by atomic mass is 79.9. The van der Waals surface area contributed by atoms with Gasteiger partial charge < -0.3 is 14.6 Å². The van der Waals surface area contributed by atoms with E-state index in [-0.39, 0.29) is 5.75 Å². The summed E-state index contributed by atoms with van der Waals surface area (Å²) in [6.45, 7) is 1.11. The van der Waals surface area contributed by atoms with Gasteiger partial charge in [0.05, 0.1) is 6.61 Å². The zero-order valence-electron chi connectivity index (χ0n) is 15.1. The van der Waals surface area contributed by atoms with Crippen molar-refractivity contribution < 1.29 is 14.6 Å². The third-order valence-electron chi connectivity index (χ3n) is 3.84. The van der Waals surface area contributed by atoms with Crippen LogP contribution in [0, 0.1) is 0 Å². The van der Waals surface area contributed by atoms with Crippen LogP contribution in [0.1, 0.15) is 0 Å². The molecule has 0 fully saturated rings. The number of aromatic hydroxyl groups is 1. The topological polar surface area (TPSA) is 64.5 Å². The lowest BCUT2D eigenvalue weighted by Crippen LogP contribution is -2.04. The lowest BCUT2D eigenvalue weighted by molar-refractivity contribution is 0.147. The molecule has 0 amide bonds. The Labute approximate surface area is 179 Å². The molecule has 7 heteroatoms. The van der Waals surface area contributed by atoms with Gasteiger partial charge in [-0.3, -0.25) is 9.97 Å². The Morgan fingerprint density at radius 1 is 0.857 bits per heavy atom. The number of pyridine rings is 2. The van der Waals surface area contributed by atoms with E-state index in [0.717, 1.165) is 31.0 Å². The normalized spacial score (nSPS) is 10.5. The number of aromatic nitrogens is 2. The maximum Gasteiger partial charge on any atom is 0.145 e. The van der Waals surface area contributed by atoms with Crippen molar-refractivity contribution in [2.45, 2.75) is 0 Å². The zero-order chi connectivity index (χ0) is 19.9. The van der Waals surface area contributed by atoms with Gasteiger partial charge in [0.2, 0.25) is 0 Å². The summed E-state index contributed by atoms with van der Waals surface area (Å²) in [6, 6.07) is 15.2. The molecule has 28 heavy (non-hydrogen) atoms. The van der Waals surface area contributed by atoms with Gasteiger partial charge in [-0.1, -0.05) is 24.3 Å².